The molecule has 1 aromatic carbocycles. The highest BCUT2D eigenvalue weighted by molar-refractivity contribution is 7.90. The van der Waals surface area contributed by atoms with Crippen LogP contribution < -0.4 is 10.0 Å². The summed E-state index contributed by atoms with van der Waals surface area (Å²) < 4.78 is 31.5. The van der Waals surface area contributed by atoms with E-state index in [1.54, 1.807) is 29.2 Å². The number of sulfonamides is 1. The van der Waals surface area contributed by atoms with Crippen molar-refractivity contribution in [2.45, 2.75) is 23.8 Å². The standard InChI is InChI=1S/C19H20N4O5S/c24-17(11-20-18-15-3-1-2-4-16(15)29(26,27)22-18)21-14-5-8-23(9-6-14)19(25)13-7-10-28-12-13/h1-4,7,10,12,14H,5-6,8-9,11H2,(H,20,22)(H,21,24). The number of rotatable bonds is 4. The Bertz CT molecular complexity index is 1050. The average Bonchev–Trinajstić information content (AvgIpc) is 3.34. The fraction of sp³-hybridized carbons (Fsp3) is 0.316. The summed E-state index contributed by atoms with van der Waals surface area (Å²) >= 11 is 0. The van der Waals surface area contributed by atoms with Gasteiger partial charge in [-0.25, -0.2) is 8.42 Å². The second-order valence-corrected chi connectivity index (χ2v) is 8.56. The third kappa shape index (κ3) is 4.02. The Kier molecular flexibility index (Phi) is 5.10. The SMILES string of the molecule is O=C(CN=C1NS(=O)(=O)c2ccccc21)NC1CCN(C(=O)c2ccoc2)CC1. The molecule has 2 aromatic rings. The van der Waals surface area contributed by atoms with Crippen molar-refractivity contribution in [3.05, 3.63) is 54.0 Å². The maximum absolute atomic E-state index is 12.3. The van der Waals surface area contributed by atoms with E-state index in [1.165, 1.54) is 18.6 Å². The monoisotopic (exact) mass is 416 g/mol. The average molecular weight is 416 g/mol. The number of furan rings is 1. The maximum atomic E-state index is 12.3. The number of carbonyl (C=O) groups is 2. The van der Waals surface area contributed by atoms with Crippen molar-refractivity contribution in [3.63, 3.8) is 0 Å². The van der Waals surface area contributed by atoms with Gasteiger partial charge in [0.25, 0.3) is 15.9 Å². The number of amidine groups is 1. The van der Waals surface area contributed by atoms with Gasteiger partial charge in [0.2, 0.25) is 5.91 Å². The van der Waals surface area contributed by atoms with Crippen LogP contribution in [-0.2, 0) is 14.8 Å². The zero-order valence-electron chi connectivity index (χ0n) is 15.5. The summed E-state index contributed by atoms with van der Waals surface area (Å²) in [6, 6.07) is 8.08. The van der Waals surface area contributed by atoms with Crippen LogP contribution in [0.2, 0.25) is 0 Å². The van der Waals surface area contributed by atoms with Crippen molar-refractivity contribution in [1.29, 1.82) is 0 Å². The molecule has 2 N–H and O–H groups in total. The Morgan fingerprint density at radius 2 is 1.97 bits per heavy atom. The minimum atomic E-state index is -3.62. The number of hydrogen-bond acceptors (Lipinski definition) is 6. The summed E-state index contributed by atoms with van der Waals surface area (Å²) in [6.07, 6.45) is 4.16. The van der Waals surface area contributed by atoms with E-state index in [2.05, 4.69) is 15.0 Å². The van der Waals surface area contributed by atoms with E-state index in [9.17, 15) is 18.0 Å². The topological polar surface area (TPSA) is 121 Å². The van der Waals surface area contributed by atoms with Crippen LogP contribution in [0, 0.1) is 0 Å². The molecule has 0 spiro atoms. The van der Waals surface area contributed by atoms with Gasteiger partial charge in [-0.1, -0.05) is 12.1 Å². The molecule has 0 unspecified atom stereocenters. The summed E-state index contributed by atoms with van der Waals surface area (Å²) in [6.45, 7) is 0.896. The van der Waals surface area contributed by atoms with Gasteiger partial charge in [0.1, 0.15) is 18.6 Å². The molecule has 0 aliphatic carbocycles. The molecular weight excluding hydrogens is 396 g/mol. The fourth-order valence-corrected chi connectivity index (χ4v) is 4.72. The normalized spacial score (nSPS) is 19.6. The molecule has 29 heavy (non-hydrogen) atoms. The van der Waals surface area contributed by atoms with Crippen molar-refractivity contribution in [2.24, 2.45) is 4.99 Å². The Morgan fingerprint density at radius 3 is 2.69 bits per heavy atom. The second kappa shape index (κ2) is 7.70. The van der Waals surface area contributed by atoms with Gasteiger partial charge < -0.3 is 14.6 Å². The molecule has 152 valence electrons. The lowest BCUT2D eigenvalue weighted by Crippen LogP contribution is -2.47. The molecule has 3 heterocycles. The fourth-order valence-electron chi connectivity index (χ4n) is 3.47. The van der Waals surface area contributed by atoms with Crippen molar-refractivity contribution < 1.29 is 22.4 Å². The smallest absolute Gasteiger partial charge is 0.263 e. The molecule has 0 bridgehead atoms. The maximum Gasteiger partial charge on any atom is 0.263 e. The first-order chi connectivity index (χ1) is 13.9. The number of nitrogens with zero attached hydrogens (tertiary/aromatic N) is 2. The van der Waals surface area contributed by atoms with Gasteiger partial charge in [-0.3, -0.25) is 19.3 Å². The molecule has 4 rings (SSSR count). The van der Waals surface area contributed by atoms with Gasteiger partial charge in [0.15, 0.2) is 0 Å². The quantitative estimate of drug-likeness (QED) is 0.761. The molecule has 0 atom stereocenters. The van der Waals surface area contributed by atoms with E-state index in [-0.39, 0.29) is 35.1 Å². The Hall–Kier alpha value is -3.14. The molecule has 1 aromatic heterocycles. The van der Waals surface area contributed by atoms with Crippen molar-refractivity contribution in [3.8, 4) is 0 Å². The molecule has 2 amide bonds. The highest BCUT2D eigenvalue weighted by atomic mass is 32.2. The number of likely N-dealkylation sites (tertiary alicyclic amines) is 1. The first-order valence-corrected chi connectivity index (χ1v) is 10.7. The van der Waals surface area contributed by atoms with Gasteiger partial charge in [-0.15, -0.1) is 0 Å². The summed E-state index contributed by atoms with van der Waals surface area (Å²) in [4.78, 5) is 30.6. The number of aliphatic imine (C=N–C) groups is 1. The zero-order chi connectivity index (χ0) is 20.4. The van der Waals surface area contributed by atoms with Gasteiger partial charge in [-0.2, -0.15) is 0 Å². The number of piperidine rings is 1. The summed E-state index contributed by atoms with van der Waals surface area (Å²) in [5.74, 6) is -0.195. The van der Waals surface area contributed by atoms with Crippen LogP contribution in [0.5, 0.6) is 0 Å². The van der Waals surface area contributed by atoms with E-state index in [0.29, 0.717) is 37.1 Å². The Balaban J connectivity index is 1.30. The van der Waals surface area contributed by atoms with E-state index >= 15 is 0 Å². The lowest BCUT2D eigenvalue weighted by molar-refractivity contribution is -0.120. The van der Waals surface area contributed by atoms with Crippen LogP contribution in [-0.4, -0.2) is 56.6 Å². The number of amides is 2. The number of carbonyl (C=O) groups excluding carboxylic acids is 2. The number of benzene rings is 1. The molecule has 9 nitrogen and oxygen atoms in total. The predicted molar refractivity (Wildman–Crippen MR) is 104 cm³/mol. The molecular formula is C19H20N4O5S. The molecule has 2 aliphatic heterocycles. The molecule has 0 radical (unpaired) electrons. The van der Waals surface area contributed by atoms with Crippen molar-refractivity contribution >= 4 is 27.7 Å². The largest absolute Gasteiger partial charge is 0.472 e. The van der Waals surface area contributed by atoms with Crippen LogP contribution in [0.25, 0.3) is 0 Å². The van der Waals surface area contributed by atoms with E-state index in [0.717, 1.165) is 0 Å². The van der Waals surface area contributed by atoms with E-state index in [1.807, 2.05) is 0 Å². The Labute approximate surface area is 167 Å². The minimum absolute atomic E-state index is 0.0522. The second-order valence-electron chi connectivity index (χ2n) is 6.91. The minimum Gasteiger partial charge on any atom is -0.472 e. The van der Waals surface area contributed by atoms with Crippen molar-refractivity contribution in [1.82, 2.24) is 14.9 Å². The third-order valence-electron chi connectivity index (χ3n) is 4.96. The van der Waals surface area contributed by atoms with Gasteiger partial charge in [0, 0.05) is 24.7 Å². The van der Waals surface area contributed by atoms with Crippen molar-refractivity contribution in [2.75, 3.05) is 19.6 Å². The van der Waals surface area contributed by atoms with Crippen LogP contribution in [0.15, 0.2) is 57.2 Å². The first-order valence-electron chi connectivity index (χ1n) is 9.21. The summed E-state index contributed by atoms with van der Waals surface area (Å²) in [7, 11) is -3.62. The highest BCUT2D eigenvalue weighted by Crippen LogP contribution is 2.22. The van der Waals surface area contributed by atoms with E-state index < -0.39 is 10.0 Å². The van der Waals surface area contributed by atoms with E-state index in [4.69, 9.17) is 4.42 Å². The molecule has 1 saturated heterocycles. The van der Waals surface area contributed by atoms with Crippen LogP contribution in [0.3, 0.4) is 0 Å². The molecule has 10 heteroatoms. The third-order valence-corrected chi connectivity index (χ3v) is 6.36. The lowest BCUT2D eigenvalue weighted by atomic mass is 10.0. The zero-order valence-corrected chi connectivity index (χ0v) is 16.3. The van der Waals surface area contributed by atoms with Crippen LogP contribution in [0.1, 0.15) is 28.8 Å². The lowest BCUT2D eigenvalue weighted by Gasteiger charge is -2.32. The summed E-state index contributed by atoms with van der Waals surface area (Å²) in [5, 5.41) is 2.90. The molecule has 0 saturated carbocycles. The van der Waals surface area contributed by atoms with Gasteiger partial charge in [-0.05, 0) is 31.0 Å². The molecule has 2 aliphatic rings. The number of hydrogen-bond donors (Lipinski definition) is 2. The van der Waals surface area contributed by atoms with Crippen LogP contribution >= 0.6 is 0 Å². The first kappa shape index (κ1) is 19.2. The Morgan fingerprint density at radius 1 is 1.21 bits per heavy atom. The molecule has 1 fully saturated rings. The van der Waals surface area contributed by atoms with Crippen LogP contribution in [0.4, 0.5) is 0 Å². The van der Waals surface area contributed by atoms with Gasteiger partial charge in [0.05, 0.1) is 16.7 Å². The predicted octanol–water partition coefficient (Wildman–Crippen LogP) is 0.739. The highest BCUT2D eigenvalue weighted by Gasteiger charge is 2.30. The summed E-state index contributed by atoms with van der Waals surface area (Å²) in [5.41, 5.74) is 0.981. The number of nitrogens with one attached hydrogen (secondary N) is 2. The number of fused-ring (bicyclic) bond motifs is 1. The van der Waals surface area contributed by atoms with Gasteiger partial charge >= 0.3 is 0 Å².